The van der Waals surface area contributed by atoms with Gasteiger partial charge in [0.1, 0.15) is 5.57 Å². The van der Waals surface area contributed by atoms with Crippen molar-refractivity contribution in [2.24, 2.45) is 0 Å². The number of rotatable bonds is 7. The lowest BCUT2D eigenvalue weighted by Crippen LogP contribution is -2.39. The third kappa shape index (κ3) is 3.69. The van der Waals surface area contributed by atoms with E-state index in [1.54, 1.807) is 53.4 Å². The Bertz CT molecular complexity index is 1220. The van der Waals surface area contributed by atoms with Crippen molar-refractivity contribution in [3.63, 3.8) is 0 Å². The van der Waals surface area contributed by atoms with E-state index in [4.69, 9.17) is 11.6 Å². The number of hydrogen-bond donors (Lipinski definition) is 0. The van der Waals surface area contributed by atoms with Gasteiger partial charge in [0, 0.05) is 29.3 Å². The molecule has 0 saturated heterocycles. The van der Waals surface area contributed by atoms with Crippen LogP contribution in [0.1, 0.15) is 37.9 Å². The van der Waals surface area contributed by atoms with E-state index >= 15 is 0 Å². The third-order valence-corrected chi connectivity index (χ3v) is 5.50. The molecule has 0 saturated carbocycles. The first-order valence-electron chi connectivity index (χ1n) is 10.6. The molecule has 1 aliphatic rings. The Hall–Kier alpha value is -3.45. The average Bonchev–Trinajstić information content (AvgIpc) is 3.23. The Morgan fingerprint density at radius 3 is 2.44 bits per heavy atom. The Balaban J connectivity index is 1.99. The molecule has 164 valence electrons. The molecule has 1 aromatic carbocycles. The van der Waals surface area contributed by atoms with Gasteiger partial charge in [0.2, 0.25) is 0 Å². The minimum Gasteiger partial charge on any atom is -0.858 e. The second-order valence-corrected chi connectivity index (χ2v) is 7.97. The molecule has 0 bridgehead atoms. The number of benzene rings is 1. The van der Waals surface area contributed by atoms with E-state index in [-0.39, 0.29) is 23.4 Å². The van der Waals surface area contributed by atoms with Gasteiger partial charge in [-0.3, -0.25) is 14.5 Å². The highest BCUT2D eigenvalue weighted by molar-refractivity contribution is 6.44. The third-order valence-electron chi connectivity index (χ3n) is 5.27. The maximum Gasteiger partial charge on any atom is 0.326 e. The van der Waals surface area contributed by atoms with Gasteiger partial charge in [-0.2, -0.15) is 9.67 Å². The Morgan fingerprint density at radius 1 is 1.03 bits per heavy atom. The van der Waals surface area contributed by atoms with Crippen LogP contribution in [-0.4, -0.2) is 33.0 Å². The second-order valence-electron chi connectivity index (χ2n) is 7.54. The fourth-order valence-corrected chi connectivity index (χ4v) is 4.08. The van der Waals surface area contributed by atoms with Crippen molar-refractivity contribution in [2.75, 3.05) is 6.54 Å². The van der Waals surface area contributed by atoms with Crippen molar-refractivity contribution in [1.29, 1.82) is 0 Å². The summed E-state index contributed by atoms with van der Waals surface area (Å²) in [6.45, 7) is 4.14. The van der Waals surface area contributed by atoms with Gasteiger partial charge in [0.15, 0.2) is 12.4 Å². The number of pyridine rings is 1. The molecule has 2 aromatic heterocycles. The van der Waals surface area contributed by atoms with E-state index in [1.807, 2.05) is 19.9 Å². The zero-order chi connectivity index (χ0) is 22.8. The van der Waals surface area contributed by atoms with E-state index in [0.717, 1.165) is 6.42 Å². The van der Waals surface area contributed by atoms with Gasteiger partial charge in [0.25, 0.3) is 11.6 Å². The number of halogens is 1. The lowest BCUT2D eigenvalue weighted by atomic mass is 10.0. The molecular formula is C24H23ClN4O3. The molecule has 7 nitrogen and oxygen atoms in total. The fourth-order valence-electron chi connectivity index (χ4n) is 3.89. The number of carbonyl (C=O) groups excluding carboxylic acids is 2. The number of aromatic nitrogens is 3. The maximum absolute atomic E-state index is 13.6. The number of aryl methyl sites for hydroxylation is 1. The molecule has 1 aliphatic heterocycles. The highest BCUT2D eigenvalue weighted by Crippen LogP contribution is 2.37. The zero-order valence-corrected chi connectivity index (χ0v) is 18.7. The molecule has 0 fully saturated rings. The molecule has 0 aliphatic carbocycles. The summed E-state index contributed by atoms with van der Waals surface area (Å²) in [5.74, 6) is -1.33. The minimum atomic E-state index is -0.469. The minimum absolute atomic E-state index is 0.0985. The number of nitrogens with zero attached hydrogens (tertiary/aromatic N) is 4. The molecule has 0 spiro atoms. The molecule has 0 radical (unpaired) electrons. The molecule has 32 heavy (non-hydrogen) atoms. The van der Waals surface area contributed by atoms with Crippen molar-refractivity contribution in [1.82, 2.24) is 14.7 Å². The number of imide groups is 1. The Labute approximate surface area is 191 Å². The first-order valence-corrected chi connectivity index (χ1v) is 11.0. The monoisotopic (exact) mass is 450 g/mol. The molecule has 3 aromatic rings. The van der Waals surface area contributed by atoms with Gasteiger partial charge in [-0.1, -0.05) is 44.0 Å². The number of hydrogen-bond acceptors (Lipinski definition) is 4. The van der Waals surface area contributed by atoms with Gasteiger partial charge in [-0.05, 0) is 36.9 Å². The smallest absolute Gasteiger partial charge is 0.326 e. The van der Waals surface area contributed by atoms with Crippen LogP contribution >= 0.6 is 11.6 Å². The molecule has 0 unspecified atom stereocenters. The number of amides is 2. The van der Waals surface area contributed by atoms with E-state index < -0.39 is 17.7 Å². The van der Waals surface area contributed by atoms with Gasteiger partial charge in [0.05, 0.1) is 11.4 Å². The van der Waals surface area contributed by atoms with E-state index in [0.29, 0.717) is 29.2 Å². The van der Waals surface area contributed by atoms with Crippen LogP contribution in [-0.2, 0) is 16.0 Å². The van der Waals surface area contributed by atoms with Gasteiger partial charge >= 0.3 is 5.91 Å². The van der Waals surface area contributed by atoms with Gasteiger partial charge in [-0.15, -0.1) is 0 Å². The summed E-state index contributed by atoms with van der Waals surface area (Å²) < 4.78 is 2.85. The van der Waals surface area contributed by atoms with E-state index in [2.05, 4.69) is 5.10 Å². The van der Waals surface area contributed by atoms with Gasteiger partial charge in [-0.25, -0.2) is 4.68 Å². The Kier molecular flexibility index (Phi) is 6.10. The van der Waals surface area contributed by atoms with Crippen molar-refractivity contribution in [2.45, 2.75) is 33.1 Å². The van der Waals surface area contributed by atoms with Gasteiger partial charge < -0.3 is 5.11 Å². The van der Waals surface area contributed by atoms with Crippen LogP contribution in [0.25, 0.3) is 17.0 Å². The molecule has 3 heterocycles. The van der Waals surface area contributed by atoms with E-state index in [9.17, 15) is 14.7 Å². The normalized spacial score (nSPS) is 14.0. The molecule has 2 amide bonds. The largest absolute Gasteiger partial charge is 0.858 e. The topological polar surface area (TPSA) is 82.1 Å². The lowest BCUT2D eigenvalue weighted by Gasteiger charge is -2.15. The maximum atomic E-state index is 13.6. The predicted octanol–water partition coefficient (Wildman–Crippen LogP) is 2.99. The summed E-state index contributed by atoms with van der Waals surface area (Å²) in [5.41, 5.74) is 1.43. The second kappa shape index (κ2) is 8.96. The first kappa shape index (κ1) is 21.8. The van der Waals surface area contributed by atoms with Crippen LogP contribution in [0.5, 0.6) is 5.88 Å². The highest BCUT2D eigenvalue weighted by Gasteiger charge is 2.46. The number of carbonyl (C=O) groups is 2. The molecule has 4 rings (SSSR count). The van der Waals surface area contributed by atoms with Crippen molar-refractivity contribution >= 4 is 34.7 Å². The van der Waals surface area contributed by atoms with Crippen LogP contribution in [0.15, 0.2) is 54.9 Å². The van der Waals surface area contributed by atoms with Crippen LogP contribution in [0, 0.1) is 0 Å². The van der Waals surface area contributed by atoms with E-state index in [1.165, 1.54) is 9.58 Å². The average molecular weight is 451 g/mol. The molecular weight excluding hydrogens is 428 g/mol. The van der Waals surface area contributed by atoms with Crippen LogP contribution in [0.3, 0.4) is 0 Å². The summed E-state index contributed by atoms with van der Waals surface area (Å²) in [4.78, 5) is 27.9. The van der Waals surface area contributed by atoms with Crippen LogP contribution in [0.4, 0.5) is 0 Å². The standard InChI is InChI=1S/C24H23ClN4O3/c1-3-9-18-19(23(31)29(26-18)17-11-8-10-16(25)15-17)20-21(27-13-6-5-7-14-27)24(32)28(12-4-2)22(20)30/h5-8,10-11,13-15H,3-4,9,12H2,1-2H3. The first-order chi connectivity index (χ1) is 15.5. The van der Waals surface area contributed by atoms with Crippen molar-refractivity contribution < 1.29 is 19.3 Å². The highest BCUT2D eigenvalue weighted by atomic mass is 35.5. The predicted molar refractivity (Wildman–Crippen MR) is 119 cm³/mol. The van der Waals surface area contributed by atoms with Crippen LogP contribution in [0.2, 0.25) is 5.02 Å². The lowest BCUT2D eigenvalue weighted by molar-refractivity contribution is -0.576. The van der Waals surface area contributed by atoms with Crippen LogP contribution < -0.4 is 9.67 Å². The summed E-state index contributed by atoms with van der Waals surface area (Å²) in [5, 5.41) is 18.6. The van der Waals surface area contributed by atoms with Crippen molar-refractivity contribution in [3.05, 3.63) is 71.1 Å². The Morgan fingerprint density at radius 2 is 1.78 bits per heavy atom. The SMILES string of the molecule is CCCc1nn(-c2cccc(Cl)c2)c([O-])c1C1=C([n+]2ccccc2)C(=O)N(CCC)C1=O. The quantitative estimate of drug-likeness (QED) is 0.409. The summed E-state index contributed by atoms with van der Waals surface area (Å²) in [6, 6.07) is 12.2. The molecule has 0 N–H and O–H groups in total. The summed E-state index contributed by atoms with van der Waals surface area (Å²) in [7, 11) is 0. The summed E-state index contributed by atoms with van der Waals surface area (Å²) >= 11 is 6.12. The molecule has 0 atom stereocenters. The summed E-state index contributed by atoms with van der Waals surface area (Å²) in [6.07, 6.45) is 5.22. The fraction of sp³-hybridized carbons (Fsp3) is 0.250. The molecule has 8 heteroatoms. The zero-order valence-electron chi connectivity index (χ0n) is 17.9. The van der Waals surface area contributed by atoms with Crippen molar-refractivity contribution in [3.8, 4) is 11.6 Å².